The molecule has 0 spiro atoms. The van der Waals surface area contributed by atoms with Crippen molar-refractivity contribution in [1.82, 2.24) is 24.7 Å². The number of nitrogens with zero attached hydrogens (tertiary/aromatic N) is 4. The number of aryl methyl sites for hydroxylation is 1. The highest BCUT2D eigenvalue weighted by Gasteiger charge is 2.15. The van der Waals surface area contributed by atoms with Crippen LogP contribution in [-0.4, -0.2) is 24.7 Å². The molecule has 2 aromatic heterocycles. The fourth-order valence-corrected chi connectivity index (χ4v) is 3.01. The van der Waals surface area contributed by atoms with Crippen molar-refractivity contribution in [3.8, 4) is 0 Å². The van der Waals surface area contributed by atoms with Crippen LogP contribution in [0.2, 0.25) is 0 Å². The lowest BCUT2D eigenvalue weighted by Gasteiger charge is -2.11. The smallest absolute Gasteiger partial charge is 0.258 e. The van der Waals surface area contributed by atoms with Gasteiger partial charge in [0.15, 0.2) is 5.16 Å². The zero-order valence-electron chi connectivity index (χ0n) is 11.8. The number of benzene rings is 1. The number of aromatic amines is 1. The lowest BCUT2D eigenvalue weighted by Crippen LogP contribution is -2.13. The molecule has 0 aliphatic rings. The molecule has 0 aliphatic carbocycles. The van der Waals surface area contributed by atoms with E-state index in [0.717, 1.165) is 11.7 Å². The van der Waals surface area contributed by atoms with Crippen LogP contribution in [0.25, 0.3) is 10.9 Å². The minimum atomic E-state index is -0.111. The summed E-state index contributed by atoms with van der Waals surface area (Å²) in [5.74, 6) is 0.648. The fraction of sp³-hybridized carbons (Fsp3) is 0.286. The first-order chi connectivity index (χ1) is 10.2. The molecule has 3 aromatic rings. The molecular weight excluding hydrogens is 286 g/mol. The molecule has 1 aromatic carbocycles. The highest BCUT2D eigenvalue weighted by molar-refractivity contribution is 7.99. The predicted octanol–water partition coefficient (Wildman–Crippen LogP) is 2.39. The maximum Gasteiger partial charge on any atom is 0.258 e. The molecule has 2 heterocycles. The SMILES string of the molecule is CCn1cnnc1SC(C)c1nc2ccccc2c(=O)[nH]1. The number of aromatic nitrogens is 5. The van der Waals surface area contributed by atoms with Gasteiger partial charge in [-0.2, -0.15) is 0 Å². The number of thioether (sulfide) groups is 1. The predicted molar refractivity (Wildman–Crippen MR) is 82.3 cm³/mol. The van der Waals surface area contributed by atoms with Crippen molar-refractivity contribution in [3.63, 3.8) is 0 Å². The van der Waals surface area contributed by atoms with Gasteiger partial charge in [0.1, 0.15) is 12.2 Å². The van der Waals surface area contributed by atoms with Crippen LogP contribution in [0.5, 0.6) is 0 Å². The number of nitrogens with one attached hydrogen (secondary N) is 1. The van der Waals surface area contributed by atoms with Crippen molar-refractivity contribution in [1.29, 1.82) is 0 Å². The molecule has 6 nitrogen and oxygen atoms in total. The van der Waals surface area contributed by atoms with E-state index in [9.17, 15) is 4.79 Å². The molecule has 0 saturated heterocycles. The van der Waals surface area contributed by atoms with Crippen LogP contribution in [-0.2, 0) is 6.54 Å². The minimum Gasteiger partial charge on any atom is -0.309 e. The summed E-state index contributed by atoms with van der Waals surface area (Å²) in [4.78, 5) is 19.5. The first kappa shape index (κ1) is 13.8. The van der Waals surface area contributed by atoms with E-state index < -0.39 is 0 Å². The van der Waals surface area contributed by atoms with E-state index >= 15 is 0 Å². The fourth-order valence-electron chi connectivity index (χ4n) is 2.06. The van der Waals surface area contributed by atoms with Gasteiger partial charge >= 0.3 is 0 Å². The number of para-hydroxylation sites is 1. The van der Waals surface area contributed by atoms with Gasteiger partial charge in [-0.25, -0.2) is 4.98 Å². The normalized spacial score (nSPS) is 12.7. The van der Waals surface area contributed by atoms with Crippen molar-refractivity contribution in [2.45, 2.75) is 30.8 Å². The molecule has 21 heavy (non-hydrogen) atoms. The Labute approximate surface area is 125 Å². The lowest BCUT2D eigenvalue weighted by atomic mass is 10.2. The molecule has 0 bridgehead atoms. The summed E-state index contributed by atoms with van der Waals surface area (Å²) < 4.78 is 1.96. The zero-order chi connectivity index (χ0) is 14.8. The molecule has 0 amide bonds. The summed E-state index contributed by atoms with van der Waals surface area (Å²) in [6.45, 7) is 4.84. The van der Waals surface area contributed by atoms with E-state index in [0.29, 0.717) is 16.7 Å². The summed E-state index contributed by atoms with van der Waals surface area (Å²) in [7, 11) is 0. The Balaban J connectivity index is 1.94. The minimum absolute atomic E-state index is 0.0168. The van der Waals surface area contributed by atoms with Gasteiger partial charge in [-0.1, -0.05) is 23.9 Å². The van der Waals surface area contributed by atoms with Gasteiger partial charge in [0.05, 0.1) is 16.2 Å². The van der Waals surface area contributed by atoms with E-state index in [4.69, 9.17) is 0 Å². The second-order valence-electron chi connectivity index (χ2n) is 4.63. The summed E-state index contributed by atoms with van der Waals surface area (Å²) in [5, 5.41) is 9.41. The third kappa shape index (κ3) is 2.69. The average molecular weight is 301 g/mol. The molecule has 1 unspecified atom stereocenters. The number of fused-ring (bicyclic) bond motifs is 1. The molecule has 0 fully saturated rings. The van der Waals surface area contributed by atoms with E-state index in [1.54, 1.807) is 12.4 Å². The maximum atomic E-state index is 12.1. The van der Waals surface area contributed by atoms with Gasteiger partial charge in [0.2, 0.25) is 0 Å². The van der Waals surface area contributed by atoms with Crippen LogP contribution in [0.3, 0.4) is 0 Å². The standard InChI is InChI=1S/C14H15N5OS/c1-3-19-8-15-18-14(19)21-9(2)12-16-11-7-5-4-6-10(11)13(20)17-12/h4-9H,3H2,1-2H3,(H,16,17,20). The molecule has 108 valence electrons. The van der Waals surface area contributed by atoms with E-state index in [1.165, 1.54) is 11.8 Å². The lowest BCUT2D eigenvalue weighted by molar-refractivity contribution is 0.679. The third-order valence-electron chi connectivity index (χ3n) is 3.22. The molecule has 3 rings (SSSR count). The Morgan fingerprint density at radius 2 is 2.19 bits per heavy atom. The molecular formula is C14H15N5OS. The number of hydrogen-bond acceptors (Lipinski definition) is 5. The van der Waals surface area contributed by atoms with Gasteiger partial charge in [-0.3, -0.25) is 4.79 Å². The summed E-state index contributed by atoms with van der Waals surface area (Å²) in [6, 6.07) is 7.33. The Morgan fingerprint density at radius 1 is 1.38 bits per heavy atom. The van der Waals surface area contributed by atoms with E-state index in [-0.39, 0.29) is 10.8 Å². The van der Waals surface area contributed by atoms with Crippen molar-refractivity contribution in [2.75, 3.05) is 0 Å². The van der Waals surface area contributed by atoms with Crippen molar-refractivity contribution in [3.05, 3.63) is 46.8 Å². The highest BCUT2D eigenvalue weighted by atomic mass is 32.2. The first-order valence-electron chi connectivity index (χ1n) is 6.72. The van der Waals surface area contributed by atoms with Crippen LogP contribution in [0, 0.1) is 0 Å². The van der Waals surface area contributed by atoms with E-state index in [2.05, 4.69) is 20.2 Å². The summed E-state index contributed by atoms with van der Waals surface area (Å²) >= 11 is 1.53. The summed E-state index contributed by atoms with van der Waals surface area (Å²) in [5.41, 5.74) is 0.598. The Hall–Kier alpha value is -2.15. The van der Waals surface area contributed by atoms with Crippen LogP contribution >= 0.6 is 11.8 Å². The first-order valence-corrected chi connectivity index (χ1v) is 7.60. The van der Waals surface area contributed by atoms with Crippen LogP contribution in [0.1, 0.15) is 24.9 Å². The largest absolute Gasteiger partial charge is 0.309 e. The maximum absolute atomic E-state index is 12.1. The Bertz CT molecular complexity index is 825. The monoisotopic (exact) mass is 301 g/mol. The van der Waals surface area contributed by atoms with Gasteiger partial charge in [-0.15, -0.1) is 10.2 Å². The third-order valence-corrected chi connectivity index (χ3v) is 4.32. The second kappa shape index (κ2) is 5.69. The quantitative estimate of drug-likeness (QED) is 0.749. The molecule has 0 radical (unpaired) electrons. The van der Waals surface area contributed by atoms with Crippen LogP contribution in [0.15, 0.2) is 40.5 Å². The topological polar surface area (TPSA) is 76.5 Å². The van der Waals surface area contributed by atoms with Crippen LogP contribution < -0.4 is 5.56 Å². The summed E-state index contributed by atoms with van der Waals surface area (Å²) in [6.07, 6.45) is 1.70. The highest BCUT2D eigenvalue weighted by Crippen LogP contribution is 2.31. The molecule has 1 atom stereocenters. The molecule has 0 aliphatic heterocycles. The van der Waals surface area contributed by atoms with Crippen molar-refractivity contribution >= 4 is 22.7 Å². The van der Waals surface area contributed by atoms with Crippen molar-refractivity contribution in [2.24, 2.45) is 0 Å². The van der Waals surface area contributed by atoms with Gasteiger partial charge < -0.3 is 9.55 Å². The van der Waals surface area contributed by atoms with Gasteiger partial charge in [0, 0.05) is 6.54 Å². The zero-order valence-corrected chi connectivity index (χ0v) is 12.6. The number of H-pyrrole nitrogens is 1. The van der Waals surface area contributed by atoms with Crippen LogP contribution in [0.4, 0.5) is 0 Å². The second-order valence-corrected chi connectivity index (χ2v) is 5.94. The van der Waals surface area contributed by atoms with Crippen molar-refractivity contribution < 1.29 is 0 Å². The van der Waals surface area contributed by atoms with E-state index in [1.807, 2.05) is 36.6 Å². The van der Waals surface area contributed by atoms with Gasteiger partial charge in [-0.05, 0) is 26.0 Å². The van der Waals surface area contributed by atoms with Gasteiger partial charge in [0.25, 0.3) is 5.56 Å². The number of hydrogen-bond donors (Lipinski definition) is 1. The molecule has 0 saturated carbocycles. The number of rotatable bonds is 4. The average Bonchev–Trinajstić information content (AvgIpc) is 2.94. The Morgan fingerprint density at radius 3 is 3.00 bits per heavy atom. The Kier molecular flexibility index (Phi) is 3.74. The molecule has 1 N–H and O–H groups in total. The molecule has 7 heteroatoms.